The van der Waals surface area contributed by atoms with E-state index >= 15 is 0 Å². The first kappa shape index (κ1) is 9.41. The highest BCUT2D eigenvalue weighted by atomic mass is 14.9. The summed E-state index contributed by atoms with van der Waals surface area (Å²) >= 11 is 0. The third-order valence-electron chi connectivity index (χ3n) is 4.63. The normalized spacial score (nSPS) is 42.7. The van der Waals surface area contributed by atoms with E-state index in [1.807, 2.05) is 0 Å². The predicted octanol–water partition coefficient (Wildman–Crippen LogP) is 2.60. The molecule has 2 aliphatic rings. The first-order chi connectivity index (χ1) is 7.20. The second-order valence-corrected chi connectivity index (χ2v) is 5.50. The standard InChI is InChI=1S/C14H19N/c1-10-13-8-12(9-14(10,13)15)7-11-5-3-2-4-6-11/h2-6,10,12-13H,7-9,15H2,1H3/t10-,12?,13+,14+/m1/s1. The maximum absolute atomic E-state index is 6.34. The molecule has 4 atom stereocenters. The van der Waals surface area contributed by atoms with E-state index in [0.717, 1.165) is 17.8 Å². The highest BCUT2D eigenvalue weighted by molar-refractivity contribution is 5.22. The molecular weight excluding hydrogens is 182 g/mol. The van der Waals surface area contributed by atoms with Gasteiger partial charge in [-0.2, -0.15) is 0 Å². The predicted molar refractivity (Wildman–Crippen MR) is 62.4 cm³/mol. The Kier molecular flexibility index (Phi) is 1.93. The molecule has 0 spiro atoms. The highest BCUT2D eigenvalue weighted by Gasteiger charge is 2.63. The van der Waals surface area contributed by atoms with Gasteiger partial charge in [-0.05, 0) is 42.6 Å². The van der Waals surface area contributed by atoms with Crippen LogP contribution in [0.1, 0.15) is 25.3 Å². The SMILES string of the molecule is C[C@@H]1[C@@H]2CC(Cc3ccccc3)C[C@]12N. The van der Waals surface area contributed by atoms with Crippen LogP contribution in [0.2, 0.25) is 0 Å². The summed E-state index contributed by atoms with van der Waals surface area (Å²) in [5.41, 5.74) is 8.03. The van der Waals surface area contributed by atoms with E-state index in [0.29, 0.717) is 0 Å². The number of hydrogen-bond acceptors (Lipinski definition) is 1. The van der Waals surface area contributed by atoms with Gasteiger partial charge in [0.15, 0.2) is 0 Å². The quantitative estimate of drug-likeness (QED) is 0.782. The molecule has 1 heteroatoms. The van der Waals surface area contributed by atoms with E-state index in [4.69, 9.17) is 5.73 Å². The number of fused-ring (bicyclic) bond motifs is 1. The average molecular weight is 201 g/mol. The lowest BCUT2D eigenvalue weighted by Gasteiger charge is -2.15. The summed E-state index contributed by atoms with van der Waals surface area (Å²) in [7, 11) is 0. The summed E-state index contributed by atoms with van der Waals surface area (Å²) in [5, 5.41) is 0. The summed E-state index contributed by atoms with van der Waals surface area (Å²) in [6, 6.07) is 10.8. The van der Waals surface area contributed by atoms with Crippen LogP contribution in [0.15, 0.2) is 30.3 Å². The van der Waals surface area contributed by atoms with E-state index in [2.05, 4.69) is 37.3 Å². The second-order valence-electron chi connectivity index (χ2n) is 5.50. The van der Waals surface area contributed by atoms with Crippen LogP contribution in [-0.2, 0) is 6.42 Å². The van der Waals surface area contributed by atoms with E-state index < -0.39 is 0 Å². The monoisotopic (exact) mass is 201 g/mol. The molecule has 15 heavy (non-hydrogen) atoms. The smallest absolute Gasteiger partial charge is 0.0218 e. The molecular formula is C14H19N. The molecule has 2 aliphatic carbocycles. The first-order valence-corrected chi connectivity index (χ1v) is 6.03. The molecule has 0 aromatic heterocycles. The van der Waals surface area contributed by atoms with Crippen LogP contribution in [0.5, 0.6) is 0 Å². The van der Waals surface area contributed by atoms with Gasteiger partial charge in [0.05, 0.1) is 0 Å². The third kappa shape index (κ3) is 1.41. The number of nitrogens with two attached hydrogens (primary N) is 1. The molecule has 2 N–H and O–H groups in total. The van der Waals surface area contributed by atoms with Gasteiger partial charge in [0.1, 0.15) is 0 Å². The van der Waals surface area contributed by atoms with Crippen molar-refractivity contribution in [2.45, 2.75) is 31.7 Å². The molecule has 2 fully saturated rings. The Balaban J connectivity index is 1.64. The van der Waals surface area contributed by atoms with Crippen molar-refractivity contribution in [3.05, 3.63) is 35.9 Å². The summed E-state index contributed by atoms with van der Waals surface area (Å²) in [6.07, 6.45) is 3.82. The van der Waals surface area contributed by atoms with Gasteiger partial charge < -0.3 is 5.73 Å². The number of hydrogen-bond donors (Lipinski definition) is 1. The van der Waals surface area contributed by atoms with Crippen LogP contribution >= 0.6 is 0 Å². The van der Waals surface area contributed by atoms with E-state index in [1.54, 1.807) is 0 Å². The summed E-state index contributed by atoms with van der Waals surface area (Å²) < 4.78 is 0. The van der Waals surface area contributed by atoms with Gasteiger partial charge in [-0.1, -0.05) is 37.3 Å². The highest BCUT2D eigenvalue weighted by Crippen LogP contribution is 2.61. The van der Waals surface area contributed by atoms with E-state index in [1.165, 1.54) is 24.8 Å². The Morgan fingerprint density at radius 2 is 2.07 bits per heavy atom. The molecule has 0 amide bonds. The second kappa shape index (κ2) is 3.08. The fourth-order valence-corrected chi connectivity index (χ4v) is 3.56. The van der Waals surface area contributed by atoms with E-state index in [-0.39, 0.29) is 5.54 Å². The van der Waals surface area contributed by atoms with Gasteiger partial charge in [-0.3, -0.25) is 0 Å². The lowest BCUT2D eigenvalue weighted by molar-refractivity contribution is 0.429. The first-order valence-electron chi connectivity index (χ1n) is 6.03. The molecule has 2 saturated carbocycles. The van der Waals surface area contributed by atoms with Crippen molar-refractivity contribution < 1.29 is 0 Å². The summed E-state index contributed by atoms with van der Waals surface area (Å²) in [4.78, 5) is 0. The van der Waals surface area contributed by atoms with Crippen molar-refractivity contribution in [2.24, 2.45) is 23.5 Å². The molecule has 1 nitrogen and oxygen atoms in total. The fraction of sp³-hybridized carbons (Fsp3) is 0.571. The average Bonchev–Trinajstić information content (AvgIpc) is 2.59. The molecule has 1 aromatic carbocycles. The van der Waals surface area contributed by atoms with Crippen LogP contribution in [-0.4, -0.2) is 5.54 Å². The maximum Gasteiger partial charge on any atom is 0.0218 e. The zero-order chi connectivity index (χ0) is 10.5. The zero-order valence-corrected chi connectivity index (χ0v) is 9.32. The lowest BCUT2D eigenvalue weighted by atomic mass is 9.92. The molecule has 1 unspecified atom stereocenters. The summed E-state index contributed by atoms with van der Waals surface area (Å²) in [6.45, 7) is 2.31. The van der Waals surface area contributed by atoms with Gasteiger partial charge in [0.2, 0.25) is 0 Å². The summed E-state index contributed by atoms with van der Waals surface area (Å²) in [5.74, 6) is 2.44. The largest absolute Gasteiger partial charge is 0.325 e. The van der Waals surface area contributed by atoms with Crippen molar-refractivity contribution in [1.29, 1.82) is 0 Å². The molecule has 3 rings (SSSR count). The van der Waals surface area contributed by atoms with Gasteiger partial charge in [-0.15, -0.1) is 0 Å². The van der Waals surface area contributed by atoms with E-state index in [9.17, 15) is 0 Å². The third-order valence-corrected chi connectivity index (χ3v) is 4.63. The van der Waals surface area contributed by atoms with Crippen molar-refractivity contribution in [1.82, 2.24) is 0 Å². The lowest BCUT2D eigenvalue weighted by Crippen LogP contribution is -2.25. The van der Waals surface area contributed by atoms with Crippen LogP contribution < -0.4 is 5.73 Å². The number of benzene rings is 1. The number of rotatable bonds is 2. The minimum Gasteiger partial charge on any atom is -0.325 e. The Morgan fingerprint density at radius 3 is 2.67 bits per heavy atom. The van der Waals surface area contributed by atoms with Crippen molar-refractivity contribution in [3.63, 3.8) is 0 Å². The Hall–Kier alpha value is -0.820. The van der Waals surface area contributed by atoms with Crippen LogP contribution in [0, 0.1) is 17.8 Å². The molecule has 80 valence electrons. The molecule has 0 radical (unpaired) electrons. The topological polar surface area (TPSA) is 26.0 Å². The molecule has 1 aromatic rings. The minimum atomic E-state index is 0.222. The van der Waals surface area contributed by atoms with Crippen molar-refractivity contribution in [2.75, 3.05) is 0 Å². The Bertz CT molecular complexity index is 359. The molecule has 0 heterocycles. The maximum atomic E-state index is 6.34. The van der Waals surface area contributed by atoms with Crippen LogP contribution in [0.25, 0.3) is 0 Å². The zero-order valence-electron chi connectivity index (χ0n) is 9.32. The van der Waals surface area contributed by atoms with Gasteiger partial charge in [0.25, 0.3) is 0 Å². The molecule has 0 bridgehead atoms. The Labute approximate surface area is 91.7 Å². The van der Waals surface area contributed by atoms with Crippen molar-refractivity contribution in [3.8, 4) is 0 Å². The Morgan fingerprint density at radius 1 is 1.33 bits per heavy atom. The molecule has 0 aliphatic heterocycles. The van der Waals surface area contributed by atoms with Gasteiger partial charge in [-0.25, -0.2) is 0 Å². The van der Waals surface area contributed by atoms with Crippen molar-refractivity contribution >= 4 is 0 Å². The molecule has 0 saturated heterocycles. The minimum absolute atomic E-state index is 0.222. The van der Waals surface area contributed by atoms with Gasteiger partial charge in [0, 0.05) is 5.54 Å². The van der Waals surface area contributed by atoms with Crippen LogP contribution in [0.4, 0.5) is 0 Å². The van der Waals surface area contributed by atoms with Crippen LogP contribution in [0.3, 0.4) is 0 Å². The van der Waals surface area contributed by atoms with Gasteiger partial charge >= 0.3 is 0 Å². The fourth-order valence-electron chi connectivity index (χ4n) is 3.56.